The summed E-state index contributed by atoms with van der Waals surface area (Å²) in [5.74, 6) is -0.0615. The molecule has 0 aliphatic heterocycles. The lowest BCUT2D eigenvalue weighted by atomic mass is 10.1. The number of non-ortho nitro benzene ring substituents is 1. The Bertz CT molecular complexity index is 688. The second-order valence-electron chi connectivity index (χ2n) is 4.98. The predicted molar refractivity (Wildman–Crippen MR) is 91.5 cm³/mol. The molecule has 5 nitrogen and oxygen atoms in total. The minimum absolute atomic E-state index is 0.0471. The molecule has 0 bridgehead atoms. The number of nitrogens with zero attached hydrogens (tertiary/aromatic N) is 1. The van der Waals surface area contributed by atoms with Gasteiger partial charge in [-0.3, -0.25) is 14.9 Å². The number of carbonyl (C=O) groups excluding carboxylic acids is 1. The van der Waals surface area contributed by atoms with Gasteiger partial charge in [-0.2, -0.15) is 0 Å². The number of unbranched alkanes of at least 4 members (excludes halogenated alkanes) is 2. The predicted octanol–water partition coefficient (Wildman–Crippen LogP) is 4.64. The van der Waals surface area contributed by atoms with E-state index < -0.39 is 4.92 Å². The number of nitro benzene ring substituents is 1. The van der Waals surface area contributed by atoms with Gasteiger partial charge in [-0.05, 0) is 25.0 Å². The zero-order valence-corrected chi connectivity index (χ0v) is 13.6. The van der Waals surface area contributed by atoms with E-state index in [0.29, 0.717) is 22.9 Å². The summed E-state index contributed by atoms with van der Waals surface area (Å²) in [6, 6.07) is 10.1. The first-order chi connectivity index (χ1) is 10.6. The number of rotatable bonds is 7. The average Bonchev–Trinajstić information content (AvgIpc) is 2.51. The van der Waals surface area contributed by atoms with Crippen molar-refractivity contribution in [2.45, 2.75) is 25.7 Å². The molecular weight excluding hydrogens is 348 g/mol. The van der Waals surface area contributed by atoms with E-state index in [4.69, 9.17) is 0 Å². The minimum atomic E-state index is -0.409. The zero-order chi connectivity index (χ0) is 15.9. The fourth-order valence-corrected chi connectivity index (χ4v) is 2.72. The smallest absolute Gasteiger partial charge is 0.277 e. The van der Waals surface area contributed by atoms with Crippen LogP contribution in [0.15, 0.2) is 36.4 Å². The largest absolute Gasteiger partial charge is 0.326 e. The van der Waals surface area contributed by atoms with Gasteiger partial charge in [0.1, 0.15) is 0 Å². The van der Waals surface area contributed by atoms with Crippen LogP contribution >= 0.6 is 15.9 Å². The van der Waals surface area contributed by atoms with Crippen molar-refractivity contribution in [2.24, 2.45) is 0 Å². The number of hydrogen-bond acceptors (Lipinski definition) is 3. The monoisotopic (exact) mass is 364 g/mol. The highest BCUT2D eigenvalue weighted by molar-refractivity contribution is 9.09. The van der Waals surface area contributed by atoms with Crippen molar-refractivity contribution in [3.8, 4) is 0 Å². The molecule has 1 N–H and O–H groups in total. The summed E-state index contributed by atoms with van der Waals surface area (Å²) >= 11 is 3.36. The van der Waals surface area contributed by atoms with Gasteiger partial charge in [-0.25, -0.2) is 0 Å². The van der Waals surface area contributed by atoms with E-state index >= 15 is 0 Å². The normalized spacial score (nSPS) is 10.6. The molecule has 0 saturated heterocycles. The lowest BCUT2D eigenvalue weighted by Crippen LogP contribution is -2.11. The second kappa shape index (κ2) is 7.89. The molecule has 0 heterocycles. The third-order valence-corrected chi connectivity index (χ3v) is 3.97. The molecule has 0 atom stereocenters. The third kappa shape index (κ3) is 4.04. The minimum Gasteiger partial charge on any atom is -0.326 e. The van der Waals surface area contributed by atoms with Crippen LogP contribution in [-0.2, 0) is 4.79 Å². The van der Waals surface area contributed by atoms with Crippen LogP contribution in [0.2, 0.25) is 0 Å². The van der Waals surface area contributed by atoms with Gasteiger partial charge in [-0.15, -0.1) is 0 Å². The van der Waals surface area contributed by atoms with Gasteiger partial charge in [0.05, 0.1) is 10.3 Å². The van der Waals surface area contributed by atoms with Gasteiger partial charge in [-0.1, -0.05) is 40.5 Å². The lowest BCUT2D eigenvalue weighted by Gasteiger charge is -2.09. The molecule has 0 aliphatic carbocycles. The number of amides is 1. The van der Waals surface area contributed by atoms with Gasteiger partial charge in [0.15, 0.2) is 0 Å². The highest BCUT2D eigenvalue weighted by Crippen LogP contribution is 2.31. The number of carbonyl (C=O) groups is 1. The van der Waals surface area contributed by atoms with Crippen LogP contribution in [0.4, 0.5) is 11.4 Å². The molecule has 2 aromatic carbocycles. The van der Waals surface area contributed by atoms with Crippen LogP contribution in [0.1, 0.15) is 25.7 Å². The summed E-state index contributed by atoms with van der Waals surface area (Å²) in [5, 5.41) is 16.1. The van der Waals surface area contributed by atoms with Gasteiger partial charge in [0.2, 0.25) is 5.91 Å². The van der Waals surface area contributed by atoms with Gasteiger partial charge < -0.3 is 5.32 Å². The Morgan fingerprint density at radius 3 is 2.50 bits per heavy atom. The zero-order valence-electron chi connectivity index (χ0n) is 12.0. The van der Waals surface area contributed by atoms with E-state index in [1.54, 1.807) is 30.3 Å². The van der Waals surface area contributed by atoms with Crippen molar-refractivity contribution >= 4 is 44.0 Å². The highest BCUT2D eigenvalue weighted by Gasteiger charge is 2.14. The molecule has 2 rings (SSSR count). The van der Waals surface area contributed by atoms with Crippen LogP contribution in [0.5, 0.6) is 0 Å². The van der Waals surface area contributed by atoms with E-state index in [-0.39, 0.29) is 11.6 Å². The Labute approximate surface area is 137 Å². The van der Waals surface area contributed by atoms with E-state index in [2.05, 4.69) is 21.2 Å². The Morgan fingerprint density at radius 1 is 1.09 bits per heavy atom. The summed E-state index contributed by atoms with van der Waals surface area (Å²) in [4.78, 5) is 22.6. The Balaban J connectivity index is 2.17. The summed E-state index contributed by atoms with van der Waals surface area (Å²) in [5.41, 5.74) is 0.664. The van der Waals surface area contributed by atoms with E-state index in [0.717, 1.165) is 24.6 Å². The number of halogens is 1. The van der Waals surface area contributed by atoms with Crippen LogP contribution in [0.25, 0.3) is 10.8 Å². The number of hydrogen-bond donors (Lipinski definition) is 1. The molecule has 0 aliphatic rings. The number of benzene rings is 2. The van der Waals surface area contributed by atoms with Crippen molar-refractivity contribution in [1.29, 1.82) is 0 Å². The SMILES string of the molecule is O=C(CCCCCBr)Nc1ccc([N+](=O)[O-])c2ccccc12. The topological polar surface area (TPSA) is 72.2 Å². The standard InChI is InChI=1S/C16H17BrN2O3/c17-11-5-1-2-8-16(20)18-14-9-10-15(19(21)22)13-7-4-3-6-12(13)14/h3-4,6-7,9-10H,1-2,5,8,11H2,(H,18,20). The first-order valence-electron chi connectivity index (χ1n) is 7.15. The van der Waals surface area contributed by atoms with Crippen molar-refractivity contribution in [3.05, 3.63) is 46.5 Å². The maximum atomic E-state index is 12.0. The summed E-state index contributed by atoms with van der Waals surface area (Å²) in [7, 11) is 0. The second-order valence-corrected chi connectivity index (χ2v) is 5.78. The Kier molecular flexibility index (Phi) is 5.89. The van der Waals surface area contributed by atoms with Crippen molar-refractivity contribution < 1.29 is 9.72 Å². The molecule has 22 heavy (non-hydrogen) atoms. The molecule has 0 unspecified atom stereocenters. The molecule has 0 saturated carbocycles. The van der Waals surface area contributed by atoms with Crippen LogP contribution in [-0.4, -0.2) is 16.2 Å². The molecule has 0 radical (unpaired) electrons. The molecule has 1 amide bonds. The van der Waals surface area contributed by atoms with Crippen LogP contribution in [0.3, 0.4) is 0 Å². The van der Waals surface area contributed by atoms with E-state index in [9.17, 15) is 14.9 Å². The molecule has 2 aromatic rings. The molecule has 6 heteroatoms. The first kappa shape index (κ1) is 16.4. The van der Waals surface area contributed by atoms with Gasteiger partial charge in [0, 0.05) is 28.9 Å². The van der Waals surface area contributed by atoms with Crippen molar-refractivity contribution in [2.75, 3.05) is 10.6 Å². The van der Waals surface area contributed by atoms with Crippen molar-refractivity contribution in [3.63, 3.8) is 0 Å². The summed E-state index contributed by atoms with van der Waals surface area (Å²) in [6.45, 7) is 0. The number of nitro groups is 1. The molecular formula is C16H17BrN2O3. The Morgan fingerprint density at radius 2 is 1.82 bits per heavy atom. The lowest BCUT2D eigenvalue weighted by molar-refractivity contribution is -0.383. The fourth-order valence-electron chi connectivity index (χ4n) is 2.32. The average molecular weight is 365 g/mol. The van der Waals surface area contributed by atoms with Crippen LogP contribution in [0, 0.1) is 10.1 Å². The quantitative estimate of drug-likeness (QED) is 0.336. The number of anilines is 1. The number of fused-ring (bicyclic) bond motifs is 1. The molecule has 116 valence electrons. The summed E-state index contributed by atoms with van der Waals surface area (Å²) in [6.07, 6.45) is 3.34. The Hall–Kier alpha value is -1.95. The maximum Gasteiger partial charge on any atom is 0.277 e. The van der Waals surface area contributed by atoms with E-state index in [1.165, 1.54) is 6.07 Å². The van der Waals surface area contributed by atoms with Gasteiger partial charge >= 0.3 is 0 Å². The molecule has 0 fully saturated rings. The first-order valence-corrected chi connectivity index (χ1v) is 8.27. The molecule has 0 aromatic heterocycles. The maximum absolute atomic E-state index is 12.0. The number of alkyl halides is 1. The van der Waals surface area contributed by atoms with Crippen LogP contribution < -0.4 is 5.32 Å². The third-order valence-electron chi connectivity index (χ3n) is 3.41. The van der Waals surface area contributed by atoms with E-state index in [1.807, 2.05) is 0 Å². The highest BCUT2D eigenvalue weighted by atomic mass is 79.9. The summed E-state index contributed by atoms with van der Waals surface area (Å²) < 4.78 is 0. The fraction of sp³-hybridized carbons (Fsp3) is 0.312. The van der Waals surface area contributed by atoms with Gasteiger partial charge in [0.25, 0.3) is 5.69 Å². The molecule has 0 spiro atoms. The van der Waals surface area contributed by atoms with Crippen molar-refractivity contribution in [1.82, 2.24) is 0 Å². The number of nitrogens with one attached hydrogen (secondary N) is 1.